The summed E-state index contributed by atoms with van der Waals surface area (Å²) in [7, 11) is 0. The highest BCUT2D eigenvalue weighted by Crippen LogP contribution is 2.22. The molecule has 1 unspecified atom stereocenters. The van der Waals surface area contributed by atoms with Gasteiger partial charge in [-0.15, -0.1) is 0 Å². The first-order chi connectivity index (χ1) is 8.52. The van der Waals surface area contributed by atoms with Crippen LogP contribution in [-0.2, 0) is 11.3 Å². The van der Waals surface area contributed by atoms with Gasteiger partial charge in [-0.2, -0.15) is 0 Å². The van der Waals surface area contributed by atoms with E-state index in [1.807, 2.05) is 0 Å². The zero-order valence-electron chi connectivity index (χ0n) is 10.1. The summed E-state index contributed by atoms with van der Waals surface area (Å²) in [6.07, 6.45) is 0.547. The minimum Gasteiger partial charge on any atom is -0.503 e. The minimum absolute atomic E-state index is 0.216. The van der Waals surface area contributed by atoms with Crippen LogP contribution in [0.3, 0.4) is 0 Å². The number of aliphatic hydroxyl groups excluding tert-OH is 2. The van der Waals surface area contributed by atoms with Crippen LogP contribution in [-0.4, -0.2) is 44.8 Å². The lowest BCUT2D eigenvalue weighted by molar-refractivity contribution is -0.0259. The number of aliphatic hydroxyl groups is 2. The number of rotatable bonds is 3. The van der Waals surface area contributed by atoms with Crippen molar-refractivity contribution in [1.82, 2.24) is 4.57 Å². The largest absolute Gasteiger partial charge is 0.503 e. The summed E-state index contributed by atoms with van der Waals surface area (Å²) in [5.74, 6) is -0.269. The van der Waals surface area contributed by atoms with Crippen molar-refractivity contribution in [3.63, 3.8) is 0 Å². The Bertz CT molecular complexity index is 484. The molecule has 6 heteroatoms. The van der Waals surface area contributed by atoms with Crippen LogP contribution in [0.1, 0.15) is 12.1 Å². The molecule has 0 bridgehead atoms. The zero-order valence-corrected chi connectivity index (χ0v) is 10.1. The molecule has 18 heavy (non-hydrogen) atoms. The van der Waals surface area contributed by atoms with Gasteiger partial charge in [-0.25, -0.2) is 0 Å². The van der Waals surface area contributed by atoms with Gasteiger partial charge in [0, 0.05) is 25.2 Å². The van der Waals surface area contributed by atoms with Gasteiger partial charge in [-0.1, -0.05) is 0 Å². The molecule has 1 aromatic heterocycles. The maximum Gasteiger partial charge on any atom is 0.223 e. The molecule has 3 N–H and O–H groups in total. The predicted molar refractivity (Wildman–Crippen MR) is 63.5 cm³/mol. The number of nitrogens with zero attached hydrogens (tertiary/aromatic N) is 1. The van der Waals surface area contributed by atoms with E-state index >= 15 is 0 Å². The van der Waals surface area contributed by atoms with Crippen molar-refractivity contribution in [2.24, 2.45) is 0 Å². The van der Waals surface area contributed by atoms with Crippen LogP contribution in [0.5, 0.6) is 5.75 Å². The third-order valence-corrected chi connectivity index (χ3v) is 3.29. The van der Waals surface area contributed by atoms with Gasteiger partial charge >= 0.3 is 0 Å². The number of hydrogen-bond acceptors (Lipinski definition) is 5. The van der Waals surface area contributed by atoms with Crippen LogP contribution in [0.25, 0.3) is 0 Å². The summed E-state index contributed by atoms with van der Waals surface area (Å²) < 4.78 is 7.17. The van der Waals surface area contributed by atoms with Gasteiger partial charge in [0.05, 0.1) is 24.5 Å². The highest BCUT2D eigenvalue weighted by molar-refractivity contribution is 5.25. The van der Waals surface area contributed by atoms with Crippen LogP contribution in [0, 0.1) is 6.92 Å². The van der Waals surface area contributed by atoms with Gasteiger partial charge < -0.3 is 24.6 Å². The maximum absolute atomic E-state index is 11.2. The summed E-state index contributed by atoms with van der Waals surface area (Å²) in [4.78, 5) is 11.2. The lowest BCUT2D eigenvalue weighted by Gasteiger charge is -2.16. The van der Waals surface area contributed by atoms with Crippen LogP contribution in [0.15, 0.2) is 17.1 Å². The molecule has 1 saturated heterocycles. The van der Waals surface area contributed by atoms with E-state index in [1.54, 1.807) is 17.7 Å². The predicted octanol–water partition coefficient (Wildman–Crippen LogP) is -0.627. The molecule has 3 atom stereocenters. The molecule has 1 aliphatic heterocycles. The van der Waals surface area contributed by atoms with Gasteiger partial charge in [0.25, 0.3) is 0 Å². The number of aromatic nitrogens is 1. The summed E-state index contributed by atoms with van der Waals surface area (Å²) in [5.41, 5.74) is 0.0531. The molecule has 1 aliphatic rings. The van der Waals surface area contributed by atoms with Crippen molar-refractivity contribution in [3.8, 4) is 5.75 Å². The Labute approximate surface area is 104 Å². The molecular weight excluding hydrogens is 238 g/mol. The number of aromatic hydroxyl groups is 1. The topological polar surface area (TPSA) is 91.9 Å². The van der Waals surface area contributed by atoms with Gasteiger partial charge in [-0.05, 0) is 6.92 Å². The molecule has 2 rings (SSSR count). The number of ether oxygens (including phenoxy) is 1. The van der Waals surface area contributed by atoms with Gasteiger partial charge in [0.2, 0.25) is 5.43 Å². The molecule has 0 aromatic carbocycles. The van der Waals surface area contributed by atoms with Crippen molar-refractivity contribution >= 4 is 0 Å². The SMILES string of the molecule is Cc1c(O)c(=O)ccn1C[C@H]1CC(O)[C@@H](CO)O1. The Morgan fingerprint density at radius 2 is 2.28 bits per heavy atom. The van der Waals surface area contributed by atoms with Crippen LogP contribution in [0.4, 0.5) is 0 Å². The minimum atomic E-state index is -0.673. The molecule has 0 aliphatic carbocycles. The first-order valence-electron chi connectivity index (χ1n) is 5.86. The highest BCUT2D eigenvalue weighted by atomic mass is 16.5. The number of hydrogen-bond donors (Lipinski definition) is 3. The van der Waals surface area contributed by atoms with Crippen molar-refractivity contribution in [3.05, 3.63) is 28.2 Å². The fourth-order valence-electron chi connectivity index (χ4n) is 2.18. The first-order valence-corrected chi connectivity index (χ1v) is 5.86. The Morgan fingerprint density at radius 3 is 2.89 bits per heavy atom. The summed E-state index contributed by atoms with van der Waals surface area (Å²) in [6, 6.07) is 1.29. The van der Waals surface area contributed by atoms with E-state index in [9.17, 15) is 15.0 Å². The summed E-state index contributed by atoms with van der Waals surface area (Å²) in [6.45, 7) is 1.85. The summed E-state index contributed by atoms with van der Waals surface area (Å²) >= 11 is 0. The number of pyridine rings is 1. The lowest BCUT2D eigenvalue weighted by Crippen LogP contribution is -2.25. The molecule has 0 radical (unpaired) electrons. The van der Waals surface area contributed by atoms with E-state index in [0.29, 0.717) is 18.7 Å². The smallest absolute Gasteiger partial charge is 0.223 e. The van der Waals surface area contributed by atoms with Gasteiger partial charge in [0.15, 0.2) is 5.75 Å². The fraction of sp³-hybridized carbons (Fsp3) is 0.583. The van der Waals surface area contributed by atoms with Crippen molar-refractivity contribution < 1.29 is 20.1 Å². The molecule has 0 spiro atoms. The Kier molecular flexibility index (Phi) is 3.70. The second-order valence-electron chi connectivity index (χ2n) is 4.55. The molecule has 6 nitrogen and oxygen atoms in total. The molecule has 100 valence electrons. The first kappa shape index (κ1) is 13.1. The molecule has 0 amide bonds. The van der Waals surface area contributed by atoms with Crippen LogP contribution < -0.4 is 5.43 Å². The van der Waals surface area contributed by atoms with E-state index in [1.165, 1.54) is 6.07 Å². The second-order valence-corrected chi connectivity index (χ2v) is 4.55. The average Bonchev–Trinajstić information content (AvgIpc) is 2.70. The third kappa shape index (κ3) is 2.40. The van der Waals surface area contributed by atoms with Gasteiger partial charge in [-0.3, -0.25) is 4.79 Å². The van der Waals surface area contributed by atoms with Crippen molar-refractivity contribution in [2.45, 2.75) is 38.2 Å². The van der Waals surface area contributed by atoms with Crippen molar-refractivity contribution in [2.75, 3.05) is 6.61 Å². The second kappa shape index (κ2) is 5.09. The third-order valence-electron chi connectivity index (χ3n) is 3.29. The van der Waals surface area contributed by atoms with E-state index < -0.39 is 17.6 Å². The lowest BCUT2D eigenvalue weighted by atomic mass is 10.1. The summed E-state index contributed by atoms with van der Waals surface area (Å²) in [5, 5.41) is 28.1. The quantitative estimate of drug-likeness (QED) is 0.669. The Hall–Kier alpha value is -1.37. The standard InChI is InChI=1S/C12H17NO5/c1-7-12(17)9(15)2-3-13(7)5-8-4-10(16)11(6-14)18-8/h2-3,8,10-11,14,16-17H,4-6H2,1H3/t8-,10?,11-/m1/s1. The van der Waals surface area contributed by atoms with E-state index in [-0.39, 0.29) is 18.5 Å². The fourth-order valence-corrected chi connectivity index (χ4v) is 2.18. The maximum atomic E-state index is 11.2. The van der Waals surface area contributed by atoms with Gasteiger partial charge in [0.1, 0.15) is 6.10 Å². The molecule has 1 aromatic rings. The van der Waals surface area contributed by atoms with Crippen LogP contribution in [0.2, 0.25) is 0 Å². The average molecular weight is 255 g/mol. The van der Waals surface area contributed by atoms with E-state index in [0.717, 1.165) is 0 Å². The van der Waals surface area contributed by atoms with E-state index in [4.69, 9.17) is 9.84 Å². The normalized spacial score (nSPS) is 27.6. The van der Waals surface area contributed by atoms with E-state index in [2.05, 4.69) is 0 Å². The Morgan fingerprint density at radius 1 is 1.56 bits per heavy atom. The highest BCUT2D eigenvalue weighted by Gasteiger charge is 2.33. The molecular formula is C12H17NO5. The zero-order chi connectivity index (χ0) is 13.3. The molecule has 2 heterocycles. The molecule has 0 saturated carbocycles. The molecule has 1 fully saturated rings. The van der Waals surface area contributed by atoms with Crippen molar-refractivity contribution in [1.29, 1.82) is 0 Å². The van der Waals surface area contributed by atoms with Crippen LogP contribution >= 0.6 is 0 Å². The Balaban J connectivity index is 2.12. The monoisotopic (exact) mass is 255 g/mol.